The molecule has 2 atom stereocenters. The molecule has 1 aromatic rings. The number of ether oxygens (including phenoxy) is 4. The number of rotatable bonds is 18. The number of halogens is 2. The second-order valence-corrected chi connectivity index (χ2v) is 12.2. The van der Waals surface area contributed by atoms with Crippen molar-refractivity contribution in [1.82, 2.24) is 0 Å². The van der Waals surface area contributed by atoms with Crippen molar-refractivity contribution in [3.8, 4) is 11.5 Å². The fraction of sp³-hybridized carbons (Fsp3) is 0.765. The van der Waals surface area contributed by atoms with Gasteiger partial charge in [0.1, 0.15) is 23.7 Å². The molecular formula is C34H52F2O6. The van der Waals surface area contributed by atoms with Crippen molar-refractivity contribution in [2.75, 3.05) is 13.2 Å². The number of unbranched alkanes of at least 4 members (excludes halogenated alkanes) is 4. The first-order valence-corrected chi connectivity index (χ1v) is 16.4. The minimum absolute atomic E-state index is 0.192. The average Bonchev–Trinajstić information content (AvgIpc) is 3.01. The molecule has 0 amide bonds. The van der Waals surface area contributed by atoms with Crippen molar-refractivity contribution >= 4 is 11.9 Å². The van der Waals surface area contributed by atoms with E-state index >= 15 is 0 Å². The first-order valence-electron chi connectivity index (χ1n) is 16.4. The molecule has 2 fully saturated rings. The van der Waals surface area contributed by atoms with Crippen LogP contribution in [0.2, 0.25) is 0 Å². The molecule has 2 unspecified atom stereocenters. The smallest absolute Gasteiger partial charge is 0.340 e. The van der Waals surface area contributed by atoms with Gasteiger partial charge in [-0.05, 0) is 113 Å². The van der Waals surface area contributed by atoms with Crippen LogP contribution in [0.3, 0.4) is 0 Å². The zero-order valence-electron chi connectivity index (χ0n) is 25.7. The first kappa shape index (κ1) is 34.1. The molecule has 0 saturated heterocycles. The standard InChI is InChI=1S/C34H52F2O6/c1-3-5-7-9-31(35)33(37)41-29-15-11-25(12-16-29)23-39-27-19-21-28(22-20-27)40-24-26-13-17-30(18-14-26)42-34(38)32(36)10-8-6-4-2/h19-22,25-26,29-32H,3-18,23-24H2,1-2H3. The Bertz CT molecular complexity index is 821. The summed E-state index contributed by atoms with van der Waals surface area (Å²) in [6.07, 6.45) is 8.93. The Hall–Kier alpha value is -2.38. The maximum atomic E-state index is 14.0. The van der Waals surface area contributed by atoms with Gasteiger partial charge in [-0.25, -0.2) is 18.4 Å². The number of alkyl halides is 2. The zero-order valence-corrected chi connectivity index (χ0v) is 25.7. The lowest BCUT2D eigenvalue weighted by Gasteiger charge is -2.29. The van der Waals surface area contributed by atoms with Crippen LogP contribution in [-0.2, 0) is 19.1 Å². The summed E-state index contributed by atoms with van der Waals surface area (Å²) in [4.78, 5) is 24.0. The summed E-state index contributed by atoms with van der Waals surface area (Å²) in [6, 6.07) is 7.64. The Labute approximate surface area is 251 Å². The number of carbonyl (C=O) groups excluding carboxylic acids is 2. The van der Waals surface area contributed by atoms with Gasteiger partial charge in [0.25, 0.3) is 0 Å². The highest BCUT2D eigenvalue weighted by atomic mass is 19.1. The molecule has 0 aromatic heterocycles. The van der Waals surface area contributed by atoms with E-state index in [2.05, 4.69) is 13.8 Å². The lowest BCUT2D eigenvalue weighted by molar-refractivity contribution is -0.158. The van der Waals surface area contributed by atoms with Crippen molar-refractivity contribution in [3.05, 3.63) is 24.3 Å². The molecule has 2 aliphatic carbocycles. The van der Waals surface area contributed by atoms with Crippen LogP contribution in [0, 0.1) is 11.8 Å². The van der Waals surface area contributed by atoms with E-state index in [1.807, 2.05) is 24.3 Å². The van der Waals surface area contributed by atoms with E-state index in [1.54, 1.807) is 0 Å². The van der Waals surface area contributed by atoms with Gasteiger partial charge >= 0.3 is 11.9 Å². The topological polar surface area (TPSA) is 71.1 Å². The molecule has 2 aliphatic rings. The van der Waals surface area contributed by atoms with E-state index in [1.165, 1.54) is 0 Å². The van der Waals surface area contributed by atoms with Gasteiger partial charge in [0.15, 0.2) is 12.3 Å². The molecule has 0 radical (unpaired) electrons. The lowest BCUT2D eigenvalue weighted by Crippen LogP contribution is -2.30. The molecule has 1 aromatic carbocycles. The van der Waals surface area contributed by atoms with Crippen LogP contribution >= 0.6 is 0 Å². The molecule has 0 N–H and O–H groups in total. The third-order valence-corrected chi connectivity index (χ3v) is 8.58. The molecule has 0 aliphatic heterocycles. The van der Waals surface area contributed by atoms with Gasteiger partial charge in [-0.2, -0.15) is 0 Å². The number of benzene rings is 1. The summed E-state index contributed by atoms with van der Waals surface area (Å²) in [6.45, 7) is 5.30. The Morgan fingerprint density at radius 2 is 1.00 bits per heavy atom. The number of hydrogen-bond donors (Lipinski definition) is 0. The Kier molecular flexibility index (Phi) is 15.4. The van der Waals surface area contributed by atoms with Gasteiger partial charge in [-0.1, -0.05) is 39.5 Å². The van der Waals surface area contributed by atoms with Crippen LogP contribution in [-0.4, -0.2) is 49.7 Å². The minimum Gasteiger partial charge on any atom is -0.493 e. The molecule has 42 heavy (non-hydrogen) atoms. The molecule has 8 heteroatoms. The summed E-state index contributed by atoms with van der Waals surface area (Å²) in [7, 11) is 0. The summed E-state index contributed by atoms with van der Waals surface area (Å²) >= 11 is 0. The first-order chi connectivity index (χ1) is 20.4. The third kappa shape index (κ3) is 12.5. The fourth-order valence-corrected chi connectivity index (χ4v) is 5.75. The van der Waals surface area contributed by atoms with Crippen LogP contribution in [0.15, 0.2) is 24.3 Å². The van der Waals surface area contributed by atoms with Gasteiger partial charge in [0, 0.05) is 0 Å². The van der Waals surface area contributed by atoms with Crippen LogP contribution in [0.5, 0.6) is 11.5 Å². The zero-order chi connectivity index (χ0) is 30.2. The van der Waals surface area contributed by atoms with Crippen molar-refractivity contribution in [3.63, 3.8) is 0 Å². The molecular weight excluding hydrogens is 542 g/mol. The number of carbonyl (C=O) groups is 2. The normalized spacial score (nSPS) is 23.9. The summed E-state index contributed by atoms with van der Waals surface area (Å²) in [5.74, 6) is 0.927. The Balaban J connectivity index is 1.26. The van der Waals surface area contributed by atoms with Crippen LogP contribution in [0.25, 0.3) is 0 Å². The van der Waals surface area contributed by atoms with Crippen molar-refractivity contribution in [2.24, 2.45) is 11.8 Å². The van der Waals surface area contributed by atoms with Crippen LogP contribution in [0.1, 0.15) is 117 Å². The molecule has 0 heterocycles. The summed E-state index contributed by atoms with van der Waals surface area (Å²) < 4.78 is 50.9. The lowest BCUT2D eigenvalue weighted by atomic mass is 9.88. The minimum atomic E-state index is -1.51. The van der Waals surface area contributed by atoms with Crippen molar-refractivity contribution in [1.29, 1.82) is 0 Å². The van der Waals surface area contributed by atoms with E-state index in [9.17, 15) is 18.4 Å². The summed E-state index contributed by atoms with van der Waals surface area (Å²) in [5.41, 5.74) is 0. The number of hydrogen-bond acceptors (Lipinski definition) is 6. The third-order valence-electron chi connectivity index (χ3n) is 8.58. The predicted octanol–water partition coefficient (Wildman–Crippen LogP) is 8.49. The van der Waals surface area contributed by atoms with E-state index in [0.29, 0.717) is 37.9 Å². The van der Waals surface area contributed by atoms with Gasteiger partial charge < -0.3 is 18.9 Å². The largest absolute Gasteiger partial charge is 0.493 e. The highest BCUT2D eigenvalue weighted by Crippen LogP contribution is 2.30. The van der Waals surface area contributed by atoms with Crippen molar-refractivity contribution in [2.45, 2.75) is 141 Å². The molecule has 0 bridgehead atoms. The monoisotopic (exact) mass is 594 g/mol. The van der Waals surface area contributed by atoms with Crippen LogP contribution < -0.4 is 9.47 Å². The van der Waals surface area contributed by atoms with E-state index < -0.39 is 24.3 Å². The molecule has 3 rings (SSSR count). The maximum absolute atomic E-state index is 14.0. The summed E-state index contributed by atoms with van der Waals surface area (Å²) in [5, 5.41) is 0. The molecule has 0 spiro atoms. The van der Waals surface area contributed by atoms with E-state index in [4.69, 9.17) is 18.9 Å². The van der Waals surface area contributed by atoms with Gasteiger partial charge in [-0.15, -0.1) is 0 Å². The van der Waals surface area contributed by atoms with Crippen molar-refractivity contribution < 1.29 is 37.3 Å². The van der Waals surface area contributed by atoms with Crippen LogP contribution in [0.4, 0.5) is 8.78 Å². The van der Waals surface area contributed by atoms with Gasteiger partial charge in [0.2, 0.25) is 0 Å². The molecule has 2 saturated carbocycles. The quantitative estimate of drug-likeness (QED) is 0.125. The second-order valence-electron chi connectivity index (χ2n) is 12.2. The molecule has 238 valence electrons. The van der Waals surface area contributed by atoms with E-state index in [-0.39, 0.29) is 25.0 Å². The van der Waals surface area contributed by atoms with Gasteiger partial charge in [-0.3, -0.25) is 0 Å². The number of esters is 2. The fourth-order valence-electron chi connectivity index (χ4n) is 5.75. The van der Waals surface area contributed by atoms with Gasteiger partial charge in [0.05, 0.1) is 13.2 Å². The predicted molar refractivity (Wildman–Crippen MR) is 159 cm³/mol. The SMILES string of the molecule is CCCCCC(F)C(=O)OC1CCC(COc2ccc(OCC3CCC(OC(=O)C(F)CCCCC)CC3)cc2)CC1. The Morgan fingerprint density at radius 1 is 0.643 bits per heavy atom. The Morgan fingerprint density at radius 3 is 1.33 bits per heavy atom. The molecule has 6 nitrogen and oxygen atoms in total. The maximum Gasteiger partial charge on any atom is 0.340 e. The second kappa shape index (κ2) is 19.0. The highest BCUT2D eigenvalue weighted by molar-refractivity contribution is 5.75. The highest BCUT2D eigenvalue weighted by Gasteiger charge is 2.29. The average molecular weight is 595 g/mol. The van der Waals surface area contributed by atoms with E-state index in [0.717, 1.165) is 88.5 Å².